The van der Waals surface area contributed by atoms with Crippen LogP contribution in [0.5, 0.6) is 0 Å². The van der Waals surface area contributed by atoms with Crippen LogP contribution in [0.15, 0.2) is 24.3 Å². The molecule has 9 heteroatoms. The second-order valence-corrected chi connectivity index (χ2v) is 4.73. The predicted molar refractivity (Wildman–Crippen MR) is 70.4 cm³/mol. The fourth-order valence-corrected chi connectivity index (χ4v) is 0.635. The van der Waals surface area contributed by atoms with Gasteiger partial charge in [-0.3, -0.25) is 0 Å². The van der Waals surface area contributed by atoms with Crippen LogP contribution in [-0.4, -0.2) is 39.8 Å². The molecular weight excluding hydrogens is 291 g/mol. The van der Waals surface area contributed by atoms with E-state index < -0.39 is 19.8 Å². The molecule has 0 aromatic carbocycles. The zero-order valence-corrected chi connectivity index (χ0v) is 12.3. The van der Waals surface area contributed by atoms with Crippen LogP contribution >= 0.6 is 7.82 Å². The highest BCUT2D eigenvalue weighted by Gasteiger charge is 2.04. The van der Waals surface area contributed by atoms with E-state index in [-0.39, 0.29) is 13.2 Å². The summed E-state index contributed by atoms with van der Waals surface area (Å²) in [6.45, 7) is 10.4. The Hall–Kier alpha value is -1.47. The van der Waals surface area contributed by atoms with Gasteiger partial charge >= 0.3 is 19.8 Å². The van der Waals surface area contributed by atoms with E-state index in [2.05, 4.69) is 13.2 Å². The van der Waals surface area contributed by atoms with E-state index in [9.17, 15) is 9.59 Å². The van der Waals surface area contributed by atoms with Crippen LogP contribution in [0.3, 0.4) is 0 Å². The third kappa shape index (κ3) is 18.9. The van der Waals surface area contributed by atoms with Crippen LogP contribution in [0.4, 0.5) is 0 Å². The highest BCUT2D eigenvalue weighted by atomic mass is 31.2. The van der Waals surface area contributed by atoms with E-state index in [4.69, 9.17) is 28.7 Å². The highest BCUT2D eigenvalue weighted by molar-refractivity contribution is 7.45. The van der Waals surface area contributed by atoms with Crippen LogP contribution in [0, 0.1) is 0 Å². The molecule has 0 amide bonds. The third-order valence-electron chi connectivity index (χ3n) is 1.45. The van der Waals surface area contributed by atoms with Gasteiger partial charge in [0, 0.05) is 17.6 Å². The van der Waals surface area contributed by atoms with E-state index in [1.807, 2.05) is 0 Å². The molecule has 0 aromatic heterocycles. The Morgan fingerprint density at radius 3 is 1.40 bits per heavy atom. The average Bonchev–Trinajstić information content (AvgIpc) is 2.25. The first-order valence-electron chi connectivity index (χ1n) is 5.38. The predicted octanol–water partition coefficient (Wildman–Crippen LogP) is 0.686. The van der Waals surface area contributed by atoms with Crippen LogP contribution in [0.25, 0.3) is 0 Å². The summed E-state index contributed by atoms with van der Waals surface area (Å²) < 4.78 is 18.5. The molecule has 0 radical (unpaired) electrons. The molecular formula is C11H19O8P. The fourth-order valence-electron chi connectivity index (χ4n) is 0.635. The summed E-state index contributed by atoms with van der Waals surface area (Å²) in [5, 5.41) is 0. The number of phosphoric acid groups is 1. The topological polar surface area (TPSA) is 130 Å². The van der Waals surface area contributed by atoms with Gasteiger partial charge < -0.3 is 24.2 Å². The molecule has 20 heavy (non-hydrogen) atoms. The molecule has 0 aliphatic carbocycles. The van der Waals surface area contributed by atoms with E-state index >= 15 is 0 Å². The molecule has 8 nitrogen and oxygen atoms in total. The molecule has 0 saturated heterocycles. The summed E-state index contributed by atoms with van der Waals surface area (Å²) >= 11 is 0. The molecule has 3 N–H and O–H groups in total. The van der Waals surface area contributed by atoms with Crippen molar-refractivity contribution in [2.75, 3.05) is 13.2 Å². The van der Waals surface area contributed by atoms with Gasteiger partial charge in [0.05, 0.1) is 13.2 Å². The normalized spacial score (nSPS) is 9.85. The van der Waals surface area contributed by atoms with Gasteiger partial charge in [0.1, 0.15) is 0 Å². The van der Waals surface area contributed by atoms with Crippen molar-refractivity contribution in [3.63, 3.8) is 0 Å². The lowest BCUT2D eigenvalue weighted by Gasteiger charge is -2.05. The van der Waals surface area contributed by atoms with Gasteiger partial charge in [0.2, 0.25) is 0 Å². The number of carbonyl (C=O) groups excluding carboxylic acids is 2. The Balaban J connectivity index is 0. The molecule has 0 rings (SSSR count). The molecule has 0 aliphatic heterocycles. The summed E-state index contributed by atoms with van der Waals surface area (Å²) in [6.07, 6.45) is 0.470. The molecule has 0 saturated carbocycles. The molecule has 0 unspecified atom stereocenters. The highest BCUT2D eigenvalue weighted by Crippen LogP contribution is 2.25. The lowest BCUT2D eigenvalue weighted by molar-refractivity contribution is -0.141. The van der Waals surface area contributed by atoms with Crippen LogP contribution in [-0.2, 0) is 23.6 Å². The van der Waals surface area contributed by atoms with Crippen molar-refractivity contribution >= 4 is 19.8 Å². The second kappa shape index (κ2) is 10.3. The Morgan fingerprint density at radius 1 is 0.950 bits per heavy atom. The molecule has 0 atom stereocenters. The maximum Gasteiger partial charge on any atom is 0.466 e. The monoisotopic (exact) mass is 310 g/mol. The van der Waals surface area contributed by atoms with Gasteiger partial charge in [0.15, 0.2) is 0 Å². The van der Waals surface area contributed by atoms with Crippen molar-refractivity contribution in [1.82, 2.24) is 0 Å². The summed E-state index contributed by atoms with van der Waals surface area (Å²) in [5.74, 6) is -0.859. The Bertz CT molecular complexity index is 372. The van der Waals surface area contributed by atoms with Crippen molar-refractivity contribution < 1.29 is 38.3 Å². The minimum atomic E-state index is -4.64. The summed E-state index contributed by atoms with van der Waals surface area (Å²) in [4.78, 5) is 43.4. The van der Waals surface area contributed by atoms with Gasteiger partial charge in [-0.2, -0.15) is 0 Å². The summed E-state index contributed by atoms with van der Waals surface area (Å²) in [7, 11) is -4.64. The second-order valence-electron chi connectivity index (χ2n) is 3.70. The Labute approximate surface area is 116 Å². The van der Waals surface area contributed by atoms with Crippen LogP contribution < -0.4 is 0 Å². The zero-order valence-electron chi connectivity index (χ0n) is 11.4. The van der Waals surface area contributed by atoms with E-state index in [1.54, 1.807) is 13.8 Å². The van der Waals surface area contributed by atoms with E-state index in [0.717, 1.165) is 0 Å². The number of carbonyl (C=O) groups is 2. The first kappa shape index (κ1) is 20.8. The summed E-state index contributed by atoms with van der Waals surface area (Å²) in [6, 6.07) is 0. The number of hydrogen-bond donors (Lipinski definition) is 3. The van der Waals surface area contributed by atoms with Gasteiger partial charge in [-0.15, -0.1) is 0 Å². The molecule has 0 aliphatic rings. The summed E-state index contributed by atoms with van der Waals surface area (Å²) in [5.41, 5.74) is 0.711. The van der Waals surface area contributed by atoms with Crippen molar-refractivity contribution in [2.24, 2.45) is 0 Å². The minimum Gasteiger partial charge on any atom is -0.462 e. The lowest BCUT2D eigenvalue weighted by Crippen LogP contribution is -2.11. The third-order valence-corrected chi connectivity index (χ3v) is 1.45. The van der Waals surface area contributed by atoms with Crippen molar-refractivity contribution in [2.45, 2.75) is 20.3 Å². The number of ether oxygens (including phenoxy) is 2. The van der Waals surface area contributed by atoms with Gasteiger partial charge in [-0.1, -0.05) is 13.2 Å². The SMILES string of the molecule is C=C(C)C(=O)OCCCOC(=O)C(=C)C.O=P(O)(O)O. The molecule has 0 bridgehead atoms. The Kier molecular flexibility index (Phi) is 10.8. The van der Waals surface area contributed by atoms with E-state index in [0.29, 0.717) is 17.6 Å². The molecule has 0 spiro atoms. The zero-order chi connectivity index (χ0) is 16.3. The quantitative estimate of drug-likeness (QED) is 0.283. The maximum atomic E-state index is 10.9. The standard InChI is InChI=1S/C11H16O4.H3O4P/c1-8(2)10(12)14-6-5-7-15-11(13)9(3)4;1-5(2,3)4/h1,3,5-7H2,2,4H3;(H3,1,2,3,4). The first-order chi connectivity index (χ1) is 8.95. The molecule has 116 valence electrons. The van der Waals surface area contributed by atoms with Crippen molar-refractivity contribution in [3.05, 3.63) is 24.3 Å². The molecule has 0 heterocycles. The number of esters is 2. The van der Waals surface area contributed by atoms with Gasteiger partial charge in [-0.05, 0) is 13.8 Å². The molecule has 0 fully saturated rings. The van der Waals surface area contributed by atoms with Crippen LogP contribution in [0.2, 0.25) is 0 Å². The first-order valence-corrected chi connectivity index (χ1v) is 6.95. The average molecular weight is 310 g/mol. The Morgan fingerprint density at radius 2 is 1.20 bits per heavy atom. The smallest absolute Gasteiger partial charge is 0.462 e. The lowest BCUT2D eigenvalue weighted by atomic mass is 10.3. The van der Waals surface area contributed by atoms with Gasteiger partial charge in [0.25, 0.3) is 0 Å². The maximum absolute atomic E-state index is 10.9. The van der Waals surface area contributed by atoms with Crippen LogP contribution in [0.1, 0.15) is 20.3 Å². The minimum absolute atomic E-state index is 0.217. The number of rotatable bonds is 6. The largest absolute Gasteiger partial charge is 0.466 e. The fraction of sp³-hybridized carbons (Fsp3) is 0.455. The van der Waals surface area contributed by atoms with E-state index in [1.165, 1.54) is 0 Å². The van der Waals surface area contributed by atoms with Gasteiger partial charge in [-0.25, -0.2) is 14.2 Å². The van der Waals surface area contributed by atoms with Crippen molar-refractivity contribution in [1.29, 1.82) is 0 Å². The molecule has 0 aromatic rings. The number of hydrogen-bond acceptors (Lipinski definition) is 5. The van der Waals surface area contributed by atoms with Crippen molar-refractivity contribution in [3.8, 4) is 0 Å².